The second-order valence-corrected chi connectivity index (χ2v) is 6.19. The quantitative estimate of drug-likeness (QED) is 0.905. The van der Waals surface area contributed by atoms with Crippen molar-refractivity contribution >= 4 is 0 Å². The van der Waals surface area contributed by atoms with Crippen LogP contribution < -0.4 is 10.1 Å². The van der Waals surface area contributed by atoms with E-state index in [0.717, 1.165) is 25.5 Å². The summed E-state index contributed by atoms with van der Waals surface area (Å²) in [6.07, 6.45) is 4.20. The van der Waals surface area contributed by atoms with Crippen molar-refractivity contribution < 1.29 is 4.74 Å². The molecule has 0 bridgehead atoms. The van der Waals surface area contributed by atoms with Crippen molar-refractivity contribution in [3.8, 4) is 5.88 Å². The van der Waals surface area contributed by atoms with Crippen LogP contribution in [0.5, 0.6) is 5.88 Å². The first-order valence-corrected chi connectivity index (χ1v) is 8.11. The van der Waals surface area contributed by atoms with E-state index < -0.39 is 0 Å². The highest BCUT2D eigenvalue weighted by Crippen LogP contribution is 2.21. The summed E-state index contributed by atoms with van der Waals surface area (Å²) >= 11 is 0. The lowest BCUT2D eigenvalue weighted by atomic mass is 9.98. The first kappa shape index (κ1) is 16.2. The van der Waals surface area contributed by atoms with Crippen molar-refractivity contribution in [2.24, 2.45) is 5.92 Å². The van der Waals surface area contributed by atoms with Gasteiger partial charge in [-0.2, -0.15) is 0 Å². The Bertz CT molecular complexity index is 438. The maximum atomic E-state index is 5.40. The Morgan fingerprint density at radius 1 is 1.52 bits per heavy atom. The Morgan fingerprint density at radius 2 is 2.33 bits per heavy atom. The molecule has 3 unspecified atom stereocenters. The molecule has 2 heterocycles. The van der Waals surface area contributed by atoms with Gasteiger partial charge in [-0.1, -0.05) is 26.3 Å². The number of hydrogen-bond acceptors (Lipinski definition) is 4. The van der Waals surface area contributed by atoms with Crippen molar-refractivity contribution in [1.29, 1.82) is 0 Å². The Hall–Kier alpha value is -1.13. The SMILES string of the molecule is CCC(C)C1CN(Cc2cccnc2OC)C(C)CCN1. The van der Waals surface area contributed by atoms with Gasteiger partial charge in [0.25, 0.3) is 0 Å². The van der Waals surface area contributed by atoms with Crippen LogP contribution in [-0.4, -0.2) is 42.2 Å². The summed E-state index contributed by atoms with van der Waals surface area (Å²) in [5.74, 6) is 1.45. The molecule has 118 valence electrons. The van der Waals surface area contributed by atoms with Gasteiger partial charge in [-0.3, -0.25) is 4.90 Å². The molecule has 1 aromatic heterocycles. The Labute approximate surface area is 128 Å². The Morgan fingerprint density at radius 3 is 3.05 bits per heavy atom. The summed E-state index contributed by atoms with van der Waals surface area (Å²) in [4.78, 5) is 6.88. The van der Waals surface area contributed by atoms with E-state index in [1.807, 2.05) is 6.07 Å². The molecule has 0 saturated carbocycles. The molecule has 1 saturated heterocycles. The molecule has 4 nitrogen and oxygen atoms in total. The number of hydrogen-bond donors (Lipinski definition) is 1. The van der Waals surface area contributed by atoms with Crippen LogP contribution in [0.3, 0.4) is 0 Å². The van der Waals surface area contributed by atoms with E-state index in [2.05, 4.69) is 42.0 Å². The van der Waals surface area contributed by atoms with Crippen molar-refractivity contribution in [2.45, 2.75) is 52.2 Å². The zero-order valence-corrected chi connectivity index (χ0v) is 13.8. The number of pyridine rings is 1. The molecule has 2 rings (SSSR count). The first-order chi connectivity index (χ1) is 10.2. The topological polar surface area (TPSA) is 37.4 Å². The van der Waals surface area contributed by atoms with E-state index in [1.54, 1.807) is 13.3 Å². The van der Waals surface area contributed by atoms with Gasteiger partial charge in [0.15, 0.2) is 0 Å². The fraction of sp³-hybridized carbons (Fsp3) is 0.706. The van der Waals surface area contributed by atoms with Gasteiger partial charge in [0.1, 0.15) is 0 Å². The molecule has 1 aliphatic heterocycles. The van der Waals surface area contributed by atoms with E-state index in [0.29, 0.717) is 18.0 Å². The molecule has 1 fully saturated rings. The fourth-order valence-electron chi connectivity index (χ4n) is 2.99. The Kier molecular flexibility index (Phi) is 6.00. The number of nitrogens with one attached hydrogen (secondary N) is 1. The van der Waals surface area contributed by atoms with Gasteiger partial charge in [0.2, 0.25) is 5.88 Å². The minimum absolute atomic E-state index is 0.572. The van der Waals surface area contributed by atoms with Crippen LogP contribution in [0.15, 0.2) is 18.3 Å². The monoisotopic (exact) mass is 291 g/mol. The lowest BCUT2D eigenvalue weighted by molar-refractivity contribution is 0.178. The van der Waals surface area contributed by atoms with Gasteiger partial charge in [-0.05, 0) is 31.9 Å². The van der Waals surface area contributed by atoms with E-state index in [4.69, 9.17) is 4.74 Å². The molecule has 0 amide bonds. The highest BCUT2D eigenvalue weighted by Gasteiger charge is 2.26. The number of nitrogens with zero attached hydrogens (tertiary/aromatic N) is 2. The molecule has 1 aromatic rings. The Balaban J connectivity index is 2.11. The highest BCUT2D eigenvalue weighted by molar-refractivity contribution is 5.25. The standard InChI is InChI=1S/C17H29N3O/c1-5-13(2)16-12-20(14(3)8-10-18-16)11-15-7-6-9-19-17(15)21-4/h6-7,9,13-14,16,18H,5,8,10-12H2,1-4H3. The second-order valence-electron chi connectivity index (χ2n) is 6.19. The number of methoxy groups -OCH3 is 1. The van der Waals surface area contributed by atoms with E-state index in [9.17, 15) is 0 Å². The third-order valence-electron chi connectivity index (χ3n) is 4.77. The minimum Gasteiger partial charge on any atom is -0.481 e. The van der Waals surface area contributed by atoms with Crippen molar-refractivity contribution in [1.82, 2.24) is 15.2 Å². The minimum atomic E-state index is 0.572. The molecular weight excluding hydrogens is 262 g/mol. The van der Waals surface area contributed by atoms with Crippen LogP contribution in [0.2, 0.25) is 0 Å². The zero-order chi connectivity index (χ0) is 15.2. The van der Waals surface area contributed by atoms with E-state index in [1.165, 1.54) is 18.4 Å². The van der Waals surface area contributed by atoms with Crippen molar-refractivity contribution in [3.63, 3.8) is 0 Å². The van der Waals surface area contributed by atoms with Crippen LogP contribution in [0, 0.1) is 5.92 Å². The largest absolute Gasteiger partial charge is 0.481 e. The molecule has 0 radical (unpaired) electrons. The number of ether oxygens (including phenoxy) is 1. The first-order valence-electron chi connectivity index (χ1n) is 8.11. The summed E-state index contributed by atoms with van der Waals surface area (Å²) in [5, 5.41) is 3.72. The van der Waals surface area contributed by atoms with E-state index in [-0.39, 0.29) is 0 Å². The summed E-state index contributed by atoms with van der Waals surface area (Å²) < 4.78 is 5.40. The lowest BCUT2D eigenvalue weighted by Gasteiger charge is -2.31. The third-order valence-corrected chi connectivity index (χ3v) is 4.77. The molecule has 21 heavy (non-hydrogen) atoms. The predicted octanol–water partition coefficient (Wildman–Crippen LogP) is 2.69. The molecule has 4 heteroatoms. The van der Waals surface area contributed by atoms with Crippen molar-refractivity contribution in [2.75, 3.05) is 20.2 Å². The summed E-state index contributed by atoms with van der Waals surface area (Å²) in [6.45, 7) is 10.0. The number of rotatable bonds is 5. The van der Waals surface area contributed by atoms with Crippen molar-refractivity contribution in [3.05, 3.63) is 23.9 Å². The van der Waals surface area contributed by atoms with Crippen LogP contribution in [-0.2, 0) is 6.54 Å². The summed E-state index contributed by atoms with van der Waals surface area (Å²) in [5.41, 5.74) is 1.18. The van der Waals surface area contributed by atoms with Gasteiger partial charge >= 0.3 is 0 Å². The molecule has 1 N–H and O–H groups in total. The van der Waals surface area contributed by atoms with E-state index >= 15 is 0 Å². The second kappa shape index (κ2) is 7.76. The summed E-state index contributed by atoms with van der Waals surface area (Å²) in [6, 6.07) is 5.26. The van der Waals surface area contributed by atoms with Gasteiger partial charge in [-0.25, -0.2) is 4.98 Å². The average Bonchev–Trinajstić information content (AvgIpc) is 2.69. The van der Waals surface area contributed by atoms with Gasteiger partial charge in [-0.15, -0.1) is 0 Å². The fourth-order valence-corrected chi connectivity index (χ4v) is 2.99. The molecular formula is C17H29N3O. The van der Waals surface area contributed by atoms with Gasteiger partial charge in [0, 0.05) is 36.9 Å². The van der Waals surface area contributed by atoms with Crippen LogP contribution in [0.4, 0.5) is 0 Å². The maximum absolute atomic E-state index is 5.40. The zero-order valence-electron chi connectivity index (χ0n) is 13.8. The van der Waals surface area contributed by atoms with Crippen LogP contribution >= 0.6 is 0 Å². The average molecular weight is 291 g/mol. The molecule has 0 aromatic carbocycles. The highest BCUT2D eigenvalue weighted by atomic mass is 16.5. The van der Waals surface area contributed by atoms with Gasteiger partial charge < -0.3 is 10.1 Å². The maximum Gasteiger partial charge on any atom is 0.217 e. The normalized spacial score (nSPS) is 25.3. The number of aromatic nitrogens is 1. The molecule has 0 spiro atoms. The molecule has 0 aliphatic carbocycles. The van der Waals surface area contributed by atoms with Crippen LogP contribution in [0.25, 0.3) is 0 Å². The smallest absolute Gasteiger partial charge is 0.217 e. The van der Waals surface area contributed by atoms with Gasteiger partial charge in [0.05, 0.1) is 7.11 Å². The molecule has 3 atom stereocenters. The van der Waals surface area contributed by atoms with Crippen LogP contribution in [0.1, 0.15) is 39.2 Å². The summed E-state index contributed by atoms with van der Waals surface area (Å²) in [7, 11) is 1.70. The third kappa shape index (κ3) is 4.17. The predicted molar refractivity (Wildman–Crippen MR) is 86.5 cm³/mol. The molecule has 1 aliphatic rings. The lowest BCUT2D eigenvalue weighted by Crippen LogP contribution is -2.43.